The second-order valence-electron chi connectivity index (χ2n) is 4.22. The molecule has 1 amide bonds. The maximum absolute atomic E-state index is 11.7. The molecule has 0 aromatic heterocycles. The number of carbonyl (C=O) groups is 1. The van der Waals surface area contributed by atoms with Gasteiger partial charge >= 0.3 is 0 Å². The summed E-state index contributed by atoms with van der Waals surface area (Å²) >= 11 is 9.12. The molecule has 0 aliphatic carbocycles. The molecule has 0 aliphatic heterocycles. The summed E-state index contributed by atoms with van der Waals surface area (Å²) in [5.74, 6) is -0.0325. The van der Waals surface area contributed by atoms with Crippen molar-refractivity contribution in [2.45, 2.75) is 31.1 Å². The van der Waals surface area contributed by atoms with Gasteiger partial charge < -0.3 is 5.32 Å². The molecule has 0 unspecified atom stereocenters. The molecule has 0 heterocycles. The van der Waals surface area contributed by atoms with Crippen LogP contribution in [0.5, 0.6) is 0 Å². The van der Waals surface area contributed by atoms with Gasteiger partial charge in [0.1, 0.15) is 0 Å². The maximum atomic E-state index is 11.7. The van der Waals surface area contributed by atoms with E-state index in [2.05, 4.69) is 21.2 Å². The minimum atomic E-state index is -0.548. The lowest BCUT2D eigenvalue weighted by molar-refractivity contribution is -0.123. The molecular weight excluding hydrogens is 289 g/mol. The van der Waals surface area contributed by atoms with Gasteiger partial charge in [0.2, 0.25) is 5.91 Å². The van der Waals surface area contributed by atoms with E-state index < -0.39 is 4.32 Å². The average molecular weight is 305 g/mol. The van der Waals surface area contributed by atoms with Crippen LogP contribution in [0.3, 0.4) is 0 Å². The van der Waals surface area contributed by atoms with E-state index in [0.717, 1.165) is 5.56 Å². The number of amides is 1. The van der Waals surface area contributed by atoms with Crippen molar-refractivity contribution in [2.75, 3.05) is 0 Å². The smallest absolute Gasteiger partial charge is 0.236 e. The first-order valence-electron chi connectivity index (χ1n) is 5.06. The molecular formula is C12H15BrClNO. The van der Waals surface area contributed by atoms with Crippen LogP contribution in [-0.4, -0.2) is 10.2 Å². The summed E-state index contributed by atoms with van der Waals surface area (Å²) in [5.41, 5.74) is 1.04. The van der Waals surface area contributed by atoms with Crippen LogP contribution in [0, 0.1) is 0 Å². The Labute approximate surface area is 110 Å². The quantitative estimate of drug-likeness (QED) is 0.848. The van der Waals surface area contributed by atoms with Crippen molar-refractivity contribution in [1.82, 2.24) is 5.32 Å². The lowest BCUT2D eigenvalue weighted by Gasteiger charge is -2.20. The van der Waals surface area contributed by atoms with Crippen molar-refractivity contribution in [2.24, 2.45) is 0 Å². The third-order valence-corrected chi connectivity index (χ3v) is 2.87. The fourth-order valence-electron chi connectivity index (χ4n) is 1.20. The first-order chi connectivity index (χ1) is 7.30. The van der Waals surface area contributed by atoms with Crippen molar-refractivity contribution in [1.29, 1.82) is 0 Å². The molecule has 0 spiro atoms. The highest BCUT2D eigenvalue weighted by molar-refractivity contribution is 9.10. The molecule has 0 radical (unpaired) electrons. The third-order valence-electron chi connectivity index (χ3n) is 2.26. The Hall–Kier alpha value is -0.540. The first-order valence-corrected chi connectivity index (χ1v) is 6.23. The van der Waals surface area contributed by atoms with Gasteiger partial charge in [-0.3, -0.25) is 4.79 Å². The second-order valence-corrected chi connectivity index (χ2v) is 6.64. The normalized spacial score (nSPS) is 13.3. The molecule has 1 N–H and O–H groups in total. The Balaban J connectivity index is 2.69. The molecule has 0 saturated heterocycles. The third kappa shape index (κ3) is 3.80. The van der Waals surface area contributed by atoms with E-state index in [1.807, 2.05) is 45.0 Å². The number of hydrogen-bond acceptors (Lipinski definition) is 1. The minimum Gasteiger partial charge on any atom is -0.348 e. The molecule has 0 saturated carbocycles. The zero-order chi connectivity index (χ0) is 12.3. The summed E-state index contributed by atoms with van der Waals surface area (Å²) in [6.45, 7) is 5.58. The van der Waals surface area contributed by atoms with Crippen molar-refractivity contribution >= 4 is 33.4 Å². The number of hydrogen-bond donors (Lipinski definition) is 1. The zero-order valence-corrected chi connectivity index (χ0v) is 11.9. The van der Waals surface area contributed by atoms with Crippen LogP contribution in [-0.2, 0) is 4.79 Å². The van der Waals surface area contributed by atoms with E-state index in [1.165, 1.54) is 0 Å². The van der Waals surface area contributed by atoms with Crippen LogP contribution in [0.15, 0.2) is 24.3 Å². The Bertz CT molecular complexity index is 370. The number of carbonyl (C=O) groups excluding carboxylic acids is 1. The van der Waals surface area contributed by atoms with Crippen molar-refractivity contribution < 1.29 is 4.79 Å². The van der Waals surface area contributed by atoms with Crippen LogP contribution in [0.1, 0.15) is 32.4 Å². The number of rotatable bonds is 3. The van der Waals surface area contributed by atoms with Gasteiger partial charge in [-0.05, 0) is 38.5 Å². The Morgan fingerprint density at radius 2 is 1.88 bits per heavy atom. The van der Waals surface area contributed by atoms with Gasteiger partial charge in [0.25, 0.3) is 0 Å². The predicted octanol–water partition coefficient (Wildman–Crippen LogP) is 3.69. The topological polar surface area (TPSA) is 29.1 Å². The van der Waals surface area contributed by atoms with E-state index in [1.54, 1.807) is 0 Å². The van der Waals surface area contributed by atoms with Crippen LogP contribution in [0.2, 0.25) is 5.02 Å². The van der Waals surface area contributed by atoms with Gasteiger partial charge in [0, 0.05) is 5.02 Å². The molecule has 1 atom stereocenters. The predicted molar refractivity (Wildman–Crippen MR) is 71.0 cm³/mol. The SMILES string of the molecule is C[C@@H](NC(=O)C(C)(C)Br)c1ccc(Cl)cc1. The van der Waals surface area contributed by atoms with Gasteiger partial charge in [-0.25, -0.2) is 0 Å². The second kappa shape index (κ2) is 5.19. The fourth-order valence-corrected chi connectivity index (χ4v) is 1.44. The average Bonchev–Trinajstić information content (AvgIpc) is 2.17. The van der Waals surface area contributed by atoms with E-state index in [4.69, 9.17) is 11.6 Å². The van der Waals surface area contributed by atoms with Crippen LogP contribution in [0.4, 0.5) is 0 Å². The summed E-state index contributed by atoms with van der Waals surface area (Å²) in [6.07, 6.45) is 0. The van der Waals surface area contributed by atoms with Gasteiger partial charge in [-0.15, -0.1) is 0 Å². The standard InChI is InChI=1S/C12H15BrClNO/c1-8(15-11(16)12(2,3)13)9-4-6-10(14)7-5-9/h4-8H,1-3H3,(H,15,16)/t8-/m1/s1. The Morgan fingerprint density at radius 3 is 2.31 bits per heavy atom. The molecule has 0 bridgehead atoms. The van der Waals surface area contributed by atoms with E-state index in [0.29, 0.717) is 5.02 Å². The summed E-state index contributed by atoms with van der Waals surface area (Å²) in [5, 5.41) is 3.62. The number of nitrogens with one attached hydrogen (secondary N) is 1. The Kier molecular flexibility index (Phi) is 4.39. The summed E-state index contributed by atoms with van der Waals surface area (Å²) < 4.78 is -0.548. The highest BCUT2D eigenvalue weighted by Crippen LogP contribution is 2.20. The van der Waals surface area contributed by atoms with E-state index >= 15 is 0 Å². The molecule has 4 heteroatoms. The summed E-state index contributed by atoms with van der Waals surface area (Å²) in [4.78, 5) is 11.7. The molecule has 0 aliphatic rings. The van der Waals surface area contributed by atoms with E-state index in [-0.39, 0.29) is 11.9 Å². The van der Waals surface area contributed by atoms with Crippen molar-refractivity contribution in [3.8, 4) is 0 Å². The van der Waals surface area contributed by atoms with Crippen LogP contribution >= 0.6 is 27.5 Å². The first kappa shape index (κ1) is 13.5. The fraction of sp³-hybridized carbons (Fsp3) is 0.417. The Morgan fingerprint density at radius 1 is 1.38 bits per heavy atom. The van der Waals surface area contributed by atoms with Crippen LogP contribution in [0.25, 0.3) is 0 Å². The lowest BCUT2D eigenvalue weighted by Crippen LogP contribution is -2.38. The van der Waals surface area contributed by atoms with E-state index in [9.17, 15) is 4.79 Å². The lowest BCUT2D eigenvalue weighted by atomic mass is 10.1. The number of halogens is 2. The number of alkyl halides is 1. The van der Waals surface area contributed by atoms with Gasteiger partial charge in [0.05, 0.1) is 10.4 Å². The summed E-state index contributed by atoms with van der Waals surface area (Å²) in [7, 11) is 0. The minimum absolute atomic E-state index is 0.0263. The van der Waals surface area contributed by atoms with Crippen molar-refractivity contribution in [3.05, 3.63) is 34.9 Å². The molecule has 2 nitrogen and oxygen atoms in total. The molecule has 16 heavy (non-hydrogen) atoms. The molecule has 88 valence electrons. The highest BCUT2D eigenvalue weighted by atomic mass is 79.9. The van der Waals surface area contributed by atoms with Crippen molar-refractivity contribution in [3.63, 3.8) is 0 Å². The monoisotopic (exact) mass is 303 g/mol. The maximum Gasteiger partial charge on any atom is 0.236 e. The van der Waals surface area contributed by atoms with Gasteiger partial charge in [0.15, 0.2) is 0 Å². The number of benzene rings is 1. The van der Waals surface area contributed by atoms with Gasteiger partial charge in [-0.1, -0.05) is 39.7 Å². The molecule has 1 aromatic rings. The molecule has 0 fully saturated rings. The van der Waals surface area contributed by atoms with Gasteiger partial charge in [-0.2, -0.15) is 0 Å². The largest absolute Gasteiger partial charge is 0.348 e. The molecule has 1 aromatic carbocycles. The zero-order valence-electron chi connectivity index (χ0n) is 9.55. The molecule has 1 rings (SSSR count). The highest BCUT2D eigenvalue weighted by Gasteiger charge is 2.24. The summed E-state index contributed by atoms with van der Waals surface area (Å²) in [6, 6.07) is 7.43. The van der Waals surface area contributed by atoms with Crippen LogP contribution < -0.4 is 5.32 Å².